The summed E-state index contributed by atoms with van der Waals surface area (Å²) in [6.07, 6.45) is 6.11. The van der Waals surface area contributed by atoms with Gasteiger partial charge in [0, 0.05) is 48.9 Å². The third-order valence-corrected chi connectivity index (χ3v) is 5.87. The maximum atomic E-state index is 14.5. The molecule has 0 aromatic carbocycles. The fourth-order valence-electron chi connectivity index (χ4n) is 4.04. The van der Waals surface area contributed by atoms with Crippen LogP contribution in [0.3, 0.4) is 0 Å². The average Bonchev–Trinajstić information content (AvgIpc) is 3.45. The Balaban J connectivity index is 1.31. The summed E-state index contributed by atoms with van der Waals surface area (Å²) in [5.74, 6) is -0.131. The number of halogens is 2. The van der Waals surface area contributed by atoms with Crippen molar-refractivity contribution in [3.05, 3.63) is 35.5 Å². The number of nitrogens with zero attached hydrogens (tertiary/aromatic N) is 4. The second-order valence-electron chi connectivity index (χ2n) is 7.94. The summed E-state index contributed by atoms with van der Waals surface area (Å²) >= 11 is 6.07. The fourth-order valence-corrected chi connectivity index (χ4v) is 4.20. The third-order valence-electron chi connectivity index (χ3n) is 5.66. The highest BCUT2D eigenvalue weighted by Crippen LogP contribution is 2.28. The molecule has 3 aromatic heterocycles. The second-order valence-corrected chi connectivity index (χ2v) is 8.38. The smallest absolute Gasteiger partial charge is 0.410 e. The van der Waals surface area contributed by atoms with Gasteiger partial charge in [-0.1, -0.05) is 11.6 Å². The Hall–Kier alpha value is -2.98. The number of amides is 1. The largest absolute Gasteiger partial charge is 0.444 e. The van der Waals surface area contributed by atoms with Crippen molar-refractivity contribution in [1.82, 2.24) is 24.8 Å². The number of H-pyrrole nitrogens is 1. The van der Waals surface area contributed by atoms with Crippen LogP contribution in [-0.2, 0) is 9.47 Å². The van der Waals surface area contributed by atoms with Crippen LogP contribution in [-0.4, -0.2) is 69.4 Å². The van der Waals surface area contributed by atoms with Crippen molar-refractivity contribution in [3.8, 4) is 11.4 Å². The van der Waals surface area contributed by atoms with Gasteiger partial charge < -0.3 is 24.7 Å². The highest BCUT2D eigenvalue weighted by molar-refractivity contribution is 6.31. The van der Waals surface area contributed by atoms with Crippen molar-refractivity contribution in [2.24, 2.45) is 0 Å². The van der Waals surface area contributed by atoms with Crippen LogP contribution in [0.1, 0.15) is 19.3 Å². The van der Waals surface area contributed by atoms with Crippen LogP contribution in [0.25, 0.3) is 22.4 Å². The van der Waals surface area contributed by atoms with E-state index in [4.69, 9.17) is 21.1 Å². The van der Waals surface area contributed by atoms with E-state index in [1.807, 2.05) is 0 Å². The lowest BCUT2D eigenvalue weighted by atomic mass is 10.1. The van der Waals surface area contributed by atoms with Gasteiger partial charge >= 0.3 is 6.09 Å². The number of likely N-dealkylation sites (tertiary alicyclic amines) is 1. The van der Waals surface area contributed by atoms with Gasteiger partial charge in [-0.15, -0.1) is 0 Å². The van der Waals surface area contributed by atoms with Gasteiger partial charge in [-0.05, 0) is 18.9 Å². The molecule has 9 nitrogen and oxygen atoms in total. The first-order valence-corrected chi connectivity index (χ1v) is 10.9. The summed E-state index contributed by atoms with van der Waals surface area (Å²) in [7, 11) is 0. The SMILES string of the molecule is O=C(OC1CCOC1)N1CCCC(Nc2nc(-c3c[nH]c4ncc(Cl)cc34)ncc2F)C1. The number of piperidine rings is 1. The highest BCUT2D eigenvalue weighted by Gasteiger charge is 2.28. The molecule has 2 unspecified atom stereocenters. The molecular weight excluding hydrogens is 439 g/mol. The van der Waals surface area contributed by atoms with Gasteiger partial charge in [0.25, 0.3) is 0 Å². The summed E-state index contributed by atoms with van der Waals surface area (Å²) in [6, 6.07) is 1.60. The number of nitrogens with one attached hydrogen (secondary N) is 2. The second kappa shape index (κ2) is 8.87. The first-order chi connectivity index (χ1) is 15.6. The minimum absolute atomic E-state index is 0.0868. The lowest BCUT2D eigenvalue weighted by molar-refractivity contribution is 0.0492. The van der Waals surface area contributed by atoms with Gasteiger partial charge in [0.1, 0.15) is 11.8 Å². The zero-order chi connectivity index (χ0) is 22.1. The maximum Gasteiger partial charge on any atom is 0.410 e. The van der Waals surface area contributed by atoms with Gasteiger partial charge in [0.2, 0.25) is 0 Å². The minimum Gasteiger partial charge on any atom is -0.444 e. The molecular formula is C21H22ClFN6O3. The van der Waals surface area contributed by atoms with Crippen molar-refractivity contribution in [1.29, 1.82) is 0 Å². The summed E-state index contributed by atoms with van der Waals surface area (Å²) in [5.41, 5.74) is 1.31. The lowest BCUT2D eigenvalue weighted by Crippen LogP contribution is -2.46. The molecule has 2 saturated heterocycles. The van der Waals surface area contributed by atoms with Gasteiger partial charge in [0.05, 0.1) is 24.4 Å². The van der Waals surface area contributed by atoms with Gasteiger partial charge in [-0.3, -0.25) is 0 Å². The Labute approximate surface area is 188 Å². The number of hydrogen-bond acceptors (Lipinski definition) is 7. The number of rotatable bonds is 4. The van der Waals surface area contributed by atoms with Crippen molar-refractivity contribution in [2.75, 3.05) is 31.6 Å². The van der Waals surface area contributed by atoms with E-state index in [-0.39, 0.29) is 24.1 Å². The number of anilines is 1. The normalized spacial score (nSPS) is 21.1. The van der Waals surface area contributed by atoms with E-state index in [0.717, 1.165) is 24.4 Å². The Kier molecular flexibility index (Phi) is 5.79. The number of carbonyl (C=O) groups excluding carboxylic acids is 1. The Bertz CT molecular complexity index is 1140. The summed E-state index contributed by atoms with van der Waals surface area (Å²) in [6.45, 7) is 2.05. The Morgan fingerprint density at radius 3 is 3.09 bits per heavy atom. The number of carbonyl (C=O) groups is 1. The molecule has 3 aromatic rings. The molecule has 0 saturated carbocycles. The molecule has 1 amide bonds. The van der Waals surface area contributed by atoms with Gasteiger partial charge in [-0.2, -0.15) is 0 Å². The molecule has 0 aliphatic carbocycles. The van der Waals surface area contributed by atoms with Crippen LogP contribution in [0.15, 0.2) is 24.7 Å². The predicted octanol–water partition coefficient (Wildman–Crippen LogP) is 3.61. The molecule has 2 fully saturated rings. The van der Waals surface area contributed by atoms with Crippen LogP contribution >= 0.6 is 11.6 Å². The molecule has 2 atom stereocenters. The predicted molar refractivity (Wildman–Crippen MR) is 116 cm³/mol. The molecule has 0 bridgehead atoms. The number of hydrogen-bond donors (Lipinski definition) is 2. The van der Waals surface area contributed by atoms with Crippen molar-refractivity contribution >= 4 is 34.5 Å². The van der Waals surface area contributed by atoms with E-state index >= 15 is 0 Å². The van der Waals surface area contributed by atoms with Crippen molar-refractivity contribution in [2.45, 2.75) is 31.4 Å². The van der Waals surface area contributed by atoms with Crippen LogP contribution in [0.4, 0.5) is 15.0 Å². The third kappa shape index (κ3) is 4.33. The van der Waals surface area contributed by atoms with Crippen LogP contribution in [0.5, 0.6) is 0 Å². The zero-order valence-corrected chi connectivity index (χ0v) is 17.9. The lowest BCUT2D eigenvalue weighted by Gasteiger charge is -2.33. The van der Waals surface area contributed by atoms with Gasteiger partial charge in [-0.25, -0.2) is 24.1 Å². The molecule has 32 heavy (non-hydrogen) atoms. The van der Waals surface area contributed by atoms with Crippen molar-refractivity contribution < 1.29 is 18.7 Å². The van der Waals surface area contributed by atoms with Gasteiger partial charge in [0.15, 0.2) is 17.5 Å². The van der Waals surface area contributed by atoms with Crippen LogP contribution < -0.4 is 5.32 Å². The molecule has 2 aliphatic heterocycles. The zero-order valence-electron chi connectivity index (χ0n) is 17.2. The molecule has 5 heterocycles. The standard InChI is InChI=1S/C21H22ClFN6O3/c22-12-6-15-16(8-25-18(15)24-7-12)19-26-9-17(23)20(28-19)27-13-2-1-4-29(10-13)21(30)32-14-3-5-31-11-14/h6-9,13-14H,1-5,10-11H2,(H,24,25)(H,26,27,28). The summed E-state index contributed by atoms with van der Waals surface area (Å²) in [4.78, 5) is 29.9. The maximum absolute atomic E-state index is 14.5. The molecule has 2 aliphatic rings. The van der Waals surface area contributed by atoms with E-state index in [9.17, 15) is 9.18 Å². The van der Waals surface area contributed by atoms with E-state index in [0.29, 0.717) is 54.8 Å². The number of aromatic nitrogens is 4. The number of aromatic amines is 1. The van der Waals surface area contributed by atoms with E-state index in [1.54, 1.807) is 23.4 Å². The molecule has 0 spiro atoms. The fraction of sp³-hybridized carbons (Fsp3) is 0.429. The van der Waals surface area contributed by atoms with Crippen LogP contribution in [0, 0.1) is 5.82 Å². The first kappa shape index (κ1) is 20.9. The van der Waals surface area contributed by atoms with E-state index in [1.165, 1.54) is 0 Å². The molecule has 168 valence electrons. The Morgan fingerprint density at radius 2 is 2.25 bits per heavy atom. The first-order valence-electron chi connectivity index (χ1n) is 10.5. The summed E-state index contributed by atoms with van der Waals surface area (Å²) < 4.78 is 25.3. The number of fused-ring (bicyclic) bond motifs is 1. The molecule has 2 N–H and O–H groups in total. The van der Waals surface area contributed by atoms with Crippen LogP contribution in [0.2, 0.25) is 5.02 Å². The molecule has 0 radical (unpaired) electrons. The van der Waals surface area contributed by atoms with E-state index < -0.39 is 5.82 Å². The molecule has 11 heteroatoms. The number of pyridine rings is 1. The quantitative estimate of drug-likeness (QED) is 0.612. The summed E-state index contributed by atoms with van der Waals surface area (Å²) in [5, 5.41) is 4.37. The van der Waals surface area contributed by atoms with E-state index in [2.05, 4.69) is 25.3 Å². The minimum atomic E-state index is -0.562. The monoisotopic (exact) mass is 460 g/mol. The molecule has 5 rings (SSSR count). The Morgan fingerprint density at radius 1 is 1.34 bits per heavy atom. The number of ether oxygens (including phenoxy) is 2. The highest BCUT2D eigenvalue weighted by atomic mass is 35.5. The average molecular weight is 461 g/mol. The topological polar surface area (TPSA) is 105 Å². The van der Waals surface area contributed by atoms with Crippen molar-refractivity contribution in [3.63, 3.8) is 0 Å².